The summed E-state index contributed by atoms with van der Waals surface area (Å²) in [4.78, 5) is 31.7. The van der Waals surface area contributed by atoms with Crippen LogP contribution in [0.3, 0.4) is 0 Å². The van der Waals surface area contributed by atoms with E-state index in [1.807, 2.05) is 17.9 Å². The summed E-state index contributed by atoms with van der Waals surface area (Å²) in [5.41, 5.74) is 2.00. The van der Waals surface area contributed by atoms with Crippen LogP contribution in [0.1, 0.15) is 18.2 Å². The van der Waals surface area contributed by atoms with Crippen molar-refractivity contribution in [2.75, 3.05) is 36.4 Å². The monoisotopic (exact) mass is 457 g/mol. The number of nitrogens with one attached hydrogen (secondary N) is 1. The van der Waals surface area contributed by atoms with Gasteiger partial charge in [-0.15, -0.1) is 0 Å². The number of aromatic nitrogens is 4. The van der Waals surface area contributed by atoms with Gasteiger partial charge in [0.15, 0.2) is 0 Å². The van der Waals surface area contributed by atoms with Crippen molar-refractivity contribution in [2.45, 2.75) is 20.0 Å². The molecule has 0 bridgehead atoms. The minimum atomic E-state index is -4.55. The fourth-order valence-corrected chi connectivity index (χ4v) is 3.58. The second kappa shape index (κ2) is 9.00. The molecule has 1 fully saturated rings. The Kier molecular flexibility index (Phi) is 6.12. The second-order valence-corrected chi connectivity index (χ2v) is 7.74. The Bertz CT molecular complexity index is 1140. The molecule has 0 spiro atoms. The number of carbonyl (C=O) groups is 1. The van der Waals surface area contributed by atoms with Crippen molar-refractivity contribution in [3.63, 3.8) is 0 Å². The van der Waals surface area contributed by atoms with E-state index in [-0.39, 0.29) is 11.9 Å². The van der Waals surface area contributed by atoms with E-state index in [0.29, 0.717) is 37.8 Å². The van der Waals surface area contributed by atoms with E-state index in [0.717, 1.165) is 29.0 Å². The van der Waals surface area contributed by atoms with Crippen LogP contribution < -0.4 is 10.2 Å². The zero-order valence-electron chi connectivity index (χ0n) is 18.1. The molecular weight excluding hydrogens is 435 g/mol. The number of benzene rings is 1. The number of hydrogen-bond donors (Lipinski definition) is 1. The lowest BCUT2D eigenvalue weighted by Gasteiger charge is -2.34. The summed E-state index contributed by atoms with van der Waals surface area (Å²) in [7, 11) is 0. The Balaban J connectivity index is 1.51. The van der Waals surface area contributed by atoms with Crippen LogP contribution in [-0.2, 0) is 11.0 Å². The van der Waals surface area contributed by atoms with Gasteiger partial charge >= 0.3 is 6.18 Å². The normalized spacial score (nSPS) is 14.3. The number of carbonyl (C=O) groups excluding carboxylic acids is 1. The van der Waals surface area contributed by atoms with Crippen LogP contribution in [0.2, 0.25) is 0 Å². The maximum atomic E-state index is 12.9. The first-order valence-electron chi connectivity index (χ1n) is 10.3. The molecule has 3 heterocycles. The number of nitrogens with zero attached hydrogens (tertiary/aromatic N) is 6. The first kappa shape index (κ1) is 22.4. The standard InChI is InChI=1S/C22H22F3N7O/c1-14-9-16(11-18(10-14)29-20-26-4-3-19(30-20)22(23,24)25)17-12-27-21(28-13-17)32-7-5-31(6-8-32)15(2)33/h3-4,9-13H,5-8H2,1-2H3,(H,26,29,30). The summed E-state index contributed by atoms with van der Waals surface area (Å²) >= 11 is 0. The SMILES string of the molecule is CC(=O)N1CCN(c2ncc(-c3cc(C)cc(Nc4nccc(C(F)(F)F)n4)c3)cn2)CC1. The lowest BCUT2D eigenvalue weighted by molar-refractivity contribution is -0.141. The number of hydrogen-bond acceptors (Lipinski definition) is 7. The molecule has 0 atom stereocenters. The molecule has 33 heavy (non-hydrogen) atoms. The molecule has 1 N–H and O–H groups in total. The van der Waals surface area contributed by atoms with Crippen molar-refractivity contribution >= 4 is 23.5 Å². The van der Waals surface area contributed by atoms with Crippen LogP contribution in [-0.4, -0.2) is 56.9 Å². The Morgan fingerprint density at radius 1 is 1.00 bits per heavy atom. The fourth-order valence-electron chi connectivity index (χ4n) is 3.58. The Hall–Kier alpha value is -3.76. The van der Waals surface area contributed by atoms with Gasteiger partial charge in [0.05, 0.1) is 0 Å². The molecule has 0 radical (unpaired) electrons. The molecule has 1 saturated heterocycles. The van der Waals surface area contributed by atoms with E-state index in [1.54, 1.807) is 36.4 Å². The first-order chi connectivity index (χ1) is 15.7. The Morgan fingerprint density at radius 2 is 1.70 bits per heavy atom. The summed E-state index contributed by atoms with van der Waals surface area (Å²) in [5.74, 6) is 0.508. The highest BCUT2D eigenvalue weighted by molar-refractivity contribution is 5.73. The molecular formula is C22H22F3N7O. The van der Waals surface area contributed by atoms with Crippen molar-refractivity contribution in [1.82, 2.24) is 24.8 Å². The molecule has 0 unspecified atom stereocenters. The van der Waals surface area contributed by atoms with Gasteiger partial charge in [0.2, 0.25) is 17.8 Å². The Labute approximate surface area is 188 Å². The summed E-state index contributed by atoms with van der Waals surface area (Å²) in [6.07, 6.45) is -0.0649. The summed E-state index contributed by atoms with van der Waals surface area (Å²) in [6, 6.07) is 6.32. The number of piperazine rings is 1. The molecule has 2 aromatic heterocycles. The molecule has 1 aliphatic rings. The Morgan fingerprint density at radius 3 is 2.33 bits per heavy atom. The van der Waals surface area contributed by atoms with Gasteiger partial charge < -0.3 is 15.1 Å². The summed E-state index contributed by atoms with van der Waals surface area (Å²) in [5, 5.41) is 2.84. The van der Waals surface area contributed by atoms with E-state index >= 15 is 0 Å². The van der Waals surface area contributed by atoms with Crippen LogP contribution in [0.15, 0.2) is 42.9 Å². The second-order valence-electron chi connectivity index (χ2n) is 7.74. The highest BCUT2D eigenvalue weighted by atomic mass is 19.4. The van der Waals surface area contributed by atoms with E-state index in [9.17, 15) is 18.0 Å². The highest BCUT2D eigenvalue weighted by Gasteiger charge is 2.32. The van der Waals surface area contributed by atoms with Gasteiger partial charge in [0, 0.05) is 62.9 Å². The quantitative estimate of drug-likeness (QED) is 0.640. The van der Waals surface area contributed by atoms with Crippen LogP contribution in [0, 0.1) is 6.92 Å². The first-order valence-corrected chi connectivity index (χ1v) is 10.3. The maximum Gasteiger partial charge on any atom is 0.433 e. The third-order valence-electron chi connectivity index (χ3n) is 5.26. The molecule has 1 amide bonds. The summed E-state index contributed by atoms with van der Waals surface area (Å²) < 4.78 is 38.8. The van der Waals surface area contributed by atoms with Gasteiger partial charge in [-0.2, -0.15) is 13.2 Å². The van der Waals surface area contributed by atoms with Crippen LogP contribution in [0.5, 0.6) is 0 Å². The number of rotatable bonds is 4. The highest BCUT2D eigenvalue weighted by Crippen LogP contribution is 2.29. The minimum absolute atomic E-state index is 0.0605. The molecule has 11 heteroatoms. The van der Waals surface area contributed by atoms with Crippen molar-refractivity contribution < 1.29 is 18.0 Å². The maximum absolute atomic E-state index is 12.9. The van der Waals surface area contributed by atoms with E-state index in [1.165, 1.54) is 0 Å². The number of amides is 1. The van der Waals surface area contributed by atoms with Crippen molar-refractivity contribution in [3.8, 4) is 11.1 Å². The molecule has 0 saturated carbocycles. The van der Waals surface area contributed by atoms with Crippen LogP contribution >= 0.6 is 0 Å². The van der Waals surface area contributed by atoms with Gasteiger partial charge in [0.25, 0.3) is 0 Å². The summed E-state index contributed by atoms with van der Waals surface area (Å²) in [6.45, 7) is 6.02. The van der Waals surface area contributed by atoms with E-state index < -0.39 is 11.9 Å². The number of halogens is 3. The smallest absolute Gasteiger partial charge is 0.339 e. The topological polar surface area (TPSA) is 87.1 Å². The zero-order valence-corrected chi connectivity index (χ0v) is 18.1. The van der Waals surface area contributed by atoms with Gasteiger partial charge in [-0.05, 0) is 36.2 Å². The fraction of sp³-hybridized carbons (Fsp3) is 0.318. The average Bonchev–Trinajstić information content (AvgIpc) is 2.78. The zero-order chi connectivity index (χ0) is 23.6. The van der Waals surface area contributed by atoms with Gasteiger partial charge in [-0.25, -0.2) is 19.9 Å². The molecule has 3 aromatic rings. The molecule has 8 nitrogen and oxygen atoms in total. The third-order valence-corrected chi connectivity index (χ3v) is 5.26. The lowest BCUT2D eigenvalue weighted by atomic mass is 10.1. The molecule has 4 rings (SSSR count). The van der Waals surface area contributed by atoms with Gasteiger partial charge in [-0.3, -0.25) is 4.79 Å². The number of aryl methyl sites for hydroxylation is 1. The third kappa shape index (κ3) is 5.36. The van der Waals surface area contributed by atoms with E-state index in [2.05, 4.69) is 25.3 Å². The van der Waals surface area contributed by atoms with Crippen molar-refractivity contribution in [2.24, 2.45) is 0 Å². The number of alkyl halides is 3. The average molecular weight is 457 g/mol. The minimum Gasteiger partial charge on any atom is -0.339 e. The van der Waals surface area contributed by atoms with Gasteiger partial charge in [-0.1, -0.05) is 6.07 Å². The molecule has 1 aliphatic heterocycles. The number of anilines is 3. The molecule has 0 aliphatic carbocycles. The van der Waals surface area contributed by atoms with Crippen molar-refractivity contribution in [3.05, 3.63) is 54.1 Å². The van der Waals surface area contributed by atoms with E-state index in [4.69, 9.17) is 0 Å². The predicted molar refractivity (Wildman–Crippen MR) is 117 cm³/mol. The lowest BCUT2D eigenvalue weighted by Crippen LogP contribution is -2.48. The largest absolute Gasteiger partial charge is 0.433 e. The predicted octanol–water partition coefficient (Wildman–Crippen LogP) is 3.67. The van der Waals surface area contributed by atoms with Crippen LogP contribution in [0.25, 0.3) is 11.1 Å². The van der Waals surface area contributed by atoms with Crippen LogP contribution in [0.4, 0.5) is 30.8 Å². The van der Waals surface area contributed by atoms with Gasteiger partial charge in [0.1, 0.15) is 5.69 Å². The van der Waals surface area contributed by atoms with Crippen molar-refractivity contribution in [1.29, 1.82) is 0 Å². The molecule has 172 valence electrons. The molecule has 1 aromatic carbocycles.